The highest BCUT2D eigenvalue weighted by Gasteiger charge is 2.23. The number of furan rings is 2. The van der Waals surface area contributed by atoms with Crippen LogP contribution < -0.4 is 0 Å². The second kappa shape index (κ2) is 11.3. The van der Waals surface area contributed by atoms with Gasteiger partial charge in [0.2, 0.25) is 0 Å². The molecule has 0 atom stereocenters. The van der Waals surface area contributed by atoms with Crippen molar-refractivity contribution >= 4 is 65.2 Å². The van der Waals surface area contributed by atoms with E-state index in [1.165, 1.54) is 0 Å². The maximum absolute atomic E-state index is 9.49. The minimum Gasteiger partial charge on any atom is -0.452 e. The van der Waals surface area contributed by atoms with E-state index in [2.05, 4.69) is 0 Å². The molecule has 11 aromatic rings. The van der Waals surface area contributed by atoms with Crippen LogP contribution in [-0.2, 0) is 0 Å². The van der Waals surface area contributed by atoms with Gasteiger partial charge in [-0.2, -0.15) is 0 Å². The molecule has 0 aliphatic rings. The molecular formula is C50H30O2. The lowest BCUT2D eigenvalue weighted by molar-refractivity contribution is 0.612. The largest absolute Gasteiger partial charge is 0.452 e. The van der Waals surface area contributed by atoms with Crippen molar-refractivity contribution in [3.8, 4) is 44.7 Å². The van der Waals surface area contributed by atoms with E-state index in [9.17, 15) is 8.22 Å². The average Bonchev–Trinajstić information content (AvgIpc) is 3.92. The summed E-state index contributed by atoms with van der Waals surface area (Å²) in [4.78, 5) is 0. The summed E-state index contributed by atoms with van der Waals surface area (Å²) >= 11 is 0. The summed E-state index contributed by atoms with van der Waals surface area (Å²) in [6.07, 6.45) is 0. The Morgan fingerprint density at radius 3 is 1.63 bits per heavy atom. The zero-order valence-corrected chi connectivity index (χ0v) is 27.0. The first-order chi connectivity index (χ1) is 32.0. The van der Waals surface area contributed by atoms with Crippen LogP contribution in [0.3, 0.4) is 0 Å². The lowest BCUT2D eigenvalue weighted by Crippen LogP contribution is -1.91. The van der Waals surface area contributed by atoms with Gasteiger partial charge in [-0.15, -0.1) is 0 Å². The molecule has 0 aliphatic heterocycles. The van der Waals surface area contributed by atoms with Gasteiger partial charge in [0.1, 0.15) is 11.3 Å². The van der Waals surface area contributed by atoms with Gasteiger partial charge in [0.05, 0.1) is 20.6 Å². The molecule has 11 rings (SSSR count). The van der Waals surface area contributed by atoms with Crippen molar-refractivity contribution in [2.45, 2.75) is 0 Å². The smallest absolute Gasteiger partial charge is 0.178 e. The summed E-state index contributed by atoms with van der Waals surface area (Å²) in [5.41, 5.74) is 3.32. The van der Waals surface area contributed by atoms with E-state index in [4.69, 9.17) is 21.2 Å². The van der Waals surface area contributed by atoms with Gasteiger partial charge in [0.15, 0.2) is 11.2 Å². The van der Waals surface area contributed by atoms with Crippen LogP contribution in [0.15, 0.2) is 190 Å². The topological polar surface area (TPSA) is 26.3 Å². The van der Waals surface area contributed by atoms with E-state index < -0.39 is 107 Å². The molecule has 242 valence electrons. The third kappa shape index (κ3) is 4.31. The highest BCUT2D eigenvalue weighted by atomic mass is 16.4. The van der Waals surface area contributed by atoms with Gasteiger partial charge >= 0.3 is 0 Å². The Bertz CT molecular complexity index is 3950. The number of hydrogen-bond acceptors (Lipinski definition) is 2. The summed E-state index contributed by atoms with van der Waals surface area (Å²) in [5.74, 6) is 0.632. The molecule has 0 radical (unpaired) electrons. The Morgan fingerprint density at radius 1 is 0.365 bits per heavy atom. The minimum atomic E-state index is -0.751. The van der Waals surface area contributed by atoms with Crippen LogP contribution in [0.5, 0.6) is 0 Å². The first-order valence-electron chi connectivity index (χ1n) is 24.0. The van der Waals surface area contributed by atoms with Gasteiger partial charge in [-0.1, -0.05) is 151 Å². The van der Waals surface area contributed by atoms with E-state index in [-0.39, 0.29) is 38.2 Å². The molecule has 0 amide bonds. The fraction of sp³-hybridized carbons (Fsp3) is 0. The van der Waals surface area contributed by atoms with Crippen LogP contribution in [0, 0.1) is 0 Å². The Balaban J connectivity index is 1.29. The van der Waals surface area contributed by atoms with Crippen molar-refractivity contribution < 1.29 is 29.4 Å². The van der Waals surface area contributed by atoms with Crippen LogP contribution >= 0.6 is 0 Å². The highest BCUT2D eigenvalue weighted by molar-refractivity contribution is 6.23. The fourth-order valence-corrected chi connectivity index (χ4v) is 7.30. The normalized spacial score (nSPS) is 15.9. The van der Waals surface area contributed by atoms with Crippen LogP contribution in [0.2, 0.25) is 0 Å². The molecule has 0 saturated heterocycles. The molecule has 0 saturated carbocycles. The molecular weight excluding hydrogens is 633 g/mol. The summed E-state index contributed by atoms with van der Waals surface area (Å²) in [7, 11) is 0. The predicted molar refractivity (Wildman–Crippen MR) is 218 cm³/mol. The summed E-state index contributed by atoms with van der Waals surface area (Å²) in [6.45, 7) is 0. The Morgan fingerprint density at radius 2 is 0.942 bits per heavy atom. The molecule has 0 aliphatic carbocycles. The number of hydrogen-bond donors (Lipinski definition) is 0. The van der Waals surface area contributed by atoms with Gasteiger partial charge in [0, 0.05) is 27.3 Å². The number of benzene rings is 9. The first-order valence-corrected chi connectivity index (χ1v) is 16.5. The SMILES string of the molecule is [2H]c1c([2H])c([2H])c2c([2H])c(-c3c4c([2H])c([2H])c([2H])c([2H])c4c(-c4ccc5oc6c(ccc7c(-c8ccccc8)c(-c8ccccc8)oc76)c5c4)c4c([2H])c([2H])c([2H])c([2H])c34)c([2H])c([2H])c2c1[2H]. The lowest BCUT2D eigenvalue weighted by atomic mass is 9.85. The van der Waals surface area contributed by atoms with E-state index in [1.54, 1.807) is 18.2 Å². The highest BCUT2D eigenvalue weighted by Crippen LogP contribution is 2.47. The maximum Gasteiger partial charge on any atom is 0.178 e. The molecule has 2 nitrogen and oxygen atoms in total. The van der Waals surface area contributed by atoms with Crippen LogP contribution in [-0.4, -0.2) is 0 Å². The summed E-state index contributed by atoms with van der Waals surface area (Å²) in [5, 5.41) is 0.0334. The van der Waals surface area contributed by atoms with E-state index in [1.807, 2.05) is 72.8 Å². The maximum atomic E-state index is 9.49. The van der Waals surface area contributed by atoms with Gasteiger partial charge < -0.3 is 8.83 Å². The van der Waals surface area contributed by atoms with Crippen molar-refractivity contribution in [3.63, 3.8) is 0 Å². The Hall–Kier alpha value is -6.90. The number of fused-ring (bicyclic) bond motifs is 8. The average molecular weight is 678 g/mol. The number of rotatable bonds is 4. The van der Waals surface area contributed by atoms with Crippen LogP contribution in [0.25, 0.3) is 110 Å². The molecule has 2 heterocycles. The van der Waals surface area contributed by atoms with E-state index in [0.29, 0.717) is 33.3 Å². The van der Waals surface area contributed by atoms with Crippen LogP contribution in [0.4, 0.5) is 0 Å². The fourth-order valence-electron chi connectivity index (χ4n) is 7.30. The van der Waals surface area contributed by atoms with Gasteiger partial charge in [-0.3, -0.25) is 0 Å². The molecule has 0 spiro atoms. The molecule has 2 heteroatoms. The Kier molecular flexibility index (Phi) is 3.88. The van der Waals surface area contributed by atoms with Gasteiger partial charge in [0.25, 0.3) is 0 Å². The van der Waals surface area contributed by atoms with E-state index in [0.717, 1.165) is 22.1 Å². The monoisotopic (exact) mass is 677 g/mol. The van der Waals surface area contributed by atoms with Crippen LogP contribution in [0.1, 0.15) is 20.6 Å². The third-order valence-corrected chi connectivity index (χ3v) is 9.56. The van der Waals surface area contributed by atoms with Gasteiger partial charge in [-0.25, -0.2) is 0 Å². The Labute approximate surface area is 320 Å². The van der Waals surface area contributed by atoms with E-state index >= 15 is 0 Å². The molecule has 2 aromatic heterocycles. The summed E-state index contributed by atoms with van der Waals surface area (Å²) in [6, 6.07) is 18.1. The predicted octanol–water partition coefficient (Wildman–Crippen LogP) is 14.5. The lowest BCUT2D eigenvalue weighted by Gasteiger charge is -2.18. The minimum absolute atomic E-state index is 0.00679. The molecule has 52 heavy (non-hydrogen) atoms. The molecule has 9 aromatic carbocycles. The van der Waals surface area contributed by atoms with Crippen molar-refractivity contribution in [1.29, 1.82) is 0 Å². The first kappa shape index (κ1) is 17.8. The zero-order valence-electron chi connectivity index (χ0n) is 42.0. The summed E-state index contributed by atoms with van der Waals surface area (Å²) < 4.78 is 148. The second-order valence-corrected chi connectivity index (χ2v) is 12.4. The third-order valence-electron chi connectivity index (χ3n) is 9.56. The van der Waals surface area contributed by atoms with Crippen molar-refractivity contribution in [1.82, 2.24) is 0 Å². The molecule has 0 N–H and O–H groups in total. The van der Waals surface area contributed by atoms with Crippen molar-refractivity contribution in [3.05, 3.63) is 182 Å². The molecule has 0 bridgehead atoms. The standard InChI is InChI=1S/C50H30O2/c1-3-14-32(15-4-1)47-42-27-26-41-43-30-36(25-28-44(43)51-49(41)50(42)52-48(47)33-16-5-2-6-17-33)46-39-21-11-9-19-37(39)45(38-20-10-12-22-40(38)46)35-24-23-31-13-7-8-18-34(31)29-35/h1-30H/i7D,8D,9D,10D,11D,12D,13D,18D,19D,20D,21D,22D,23D,24D,29D. The molecule has 0 fully saturated rings. The van der Waals surface area contributed by atoms with Crippen molar-refractivity contribution in [2.24, 2.45) is 0 Å². The quantitative estimate of drug-likeness (QED) is 0.173. The second-order valence-electron chi connectivity index (χ2n) is 12.4. The van der Waals surface area contributed by atoms with Gasteiger partial charge in [-0.05, 0) is 90.4 Å². The van der Waals surface area contributed by atoms with Crippen molar-refractivity contribution in [2.75, 3.05) is 0 Å². The zero-order chi connectivity index (χ0) is 47.2. The molecule has 0 unspecified atom stereocenters.